The maximum atomic E-state index is 14.7. The van der Waals surface area contributed by atoms with E-state index in [1.807, 2.05) is 97.9 Å². The van der Waals surface area contributed by atoms with Crippen LogP contribution in [0.5, 0.6) is 0 Å². The number of unbranched alkanes of at least 4 members (excludes halogenated alkanes) is 2. The van der Waals surface area contributed by atoms with E-state index in [-0.39, 0.29) is 55.6 Å². The number of carbonyl (C=O) groups excluding carboxylic acids is 3. The molecule has 96 heavy (non-hydrogen) atoms. The Morgan fingerprint density at radius 2 is 1.18 bits per heavy atom. The lowest BCUT2D eigenvalue weighted by molar-refractivity contribution is -0.332. The maximum absolute atomic E-state index is 14.7. The molecule has 5 aromatic carbocycles. The van der Waals surface area contributed by atoms with E-state index in [1.165, 1.54) is 0 Å². The number of benzene rings is 5. The molecule has 19 heteroatoms. The number of carbonyl (C=O) groups is 3. The van der Waals surface area contributed by atoms with Crippen molar-refractivity contribution >= 4 is 36.8 Å². The summed E-state index contributed by atoms with van der Waals surface area (Å²) in [5.41, 5.74) is 2.70. The molecule has 7 fully saturated rings. The number of fused-ring (bicyclic) bond motifs is 2. The van der Waals surface area contributed by atoms with E-state index in [4.69, 9.17) is 61.3 Å². The Morgan fingerprint density at radius 1 is 0.573 bits per heavy atom. The molecule has 0 bridgehead atoms. The first-order valence-corrected chi connectivity index (χ1v) is 37.4. The fraction of sp³-hybridized carbons (Fsp3) is 0.571. The van der Waals surface area contributed by atoms with Crippen LogP contribution in [0.25, 0.3) is 0 Å². The van der Waals surface area contributed by atoms with Crippen LogP contribution in [0.15, 0.2) is 152 Å². The van der Waals surface area contributed by atoms with Gasteiger partial charge in [-0.15, -0.1) is 0 Å². The molecule has 518 valence electrons. The highest BCUT2D eigenvalue weighted by atomic mass is 28.4. The zero-order valence-corrected chi connectivity index (χ0v) is 57.8. The van der Waals surface area contributed by atoms with Crippen LogP contribution in [0.2, 0.25) is 5.04 Å². The lowest BCUT2D eigenvalue weighted by Gasteiger charge is -2.51. The van der Waals surface area contributed by atoms with Gasteiger partial charge in [0, 0.05) is 12.5 Å². The van der Waals surface area contributed by atoms with E-state index in [0.717, 1.165) is 65.6 Å². The molecule has 12 rings (SSSR count). The van der Waals surface area contributed by atoms with Gasteiger partial charge in [-0.05, 0) is 102 Å². The maximum Gasteiger partial charge on any atom is 0.407 e. The van der Waals surface area contributed by atoms with Gasteiger partial charge in [0.25, 0.3) is 8.32 Å². The normalized spacial score (nSPS) is 33.1. The van der Waals surface area contributed by atoms with Crippen LogP contribution in [0, 0.1) is 17.8 Å². The van der Waals surface area contributed by atoms with Crippen LogP contribution in [-0.4, -0.2) is 131 Å². The van der Waals surface area contributed by atoms with Crippen molar-refractivity contribution in [2.75, 3.05) is 6.61 Å². The molecule has 0 radical (unpaired) electrons. The van der Waals surface area contributed by atoms with Crippen molar-refractivity contribution in [3.63, 3.8) is 0 Å². The van der Waals surface area contributed by atoms with E-state index in [2.05, 4.69) is 113 Å². The van der Waals surface area contributed by atoms with Gasteiger partial charge in [-0.3, -0.25) is 4.79 Å². The molecular weight excluding hydrogens is 1240 g/mol. The van der Waals surface area contributed by atoms with Gasteiger partial charge in [0.05, 0.1) is 43.0 Å². The van der Waals surface area contributed by atoms with Crippen LogP contribution >= 0.6 is 0 Å². The third-order valence-electron chi connectivity index (χ3n) is 20.6. The van der Waals surface area contributed by atoms with E-state index in [9.17, 15) is 14.4 Å². The zero-order valence-electron chi connectivity index (χ0n) is 56.8. The minimum absolute atomic E-state index is 0.00904. The van der Waals surface area contributed by atoms with Crippen molar-refractivity contribution in [2.24, 2.45) is 17.8 Å². The standard InChI is InChI=1S/C77H100N2O16Si/c1-8-10-16-39-59-49(3)45-57(78-75(81)84-47-51-29-17-11-18-30-51)72(88-59)92-65-50(4)44-54-46-62(80)90-66(54)70(65)94-74-71(95-96(77(5,6)7,55-35-23-14-24-36-55)56-37-25-15-26-38-56)67(58(9-2)87-74)93-73-64(79-76(82)85-48-52-31-19-12-20-32-52)69(91-63-40-27-28-43-83-63)68-61(89-73)42-41-60(86-68)53-33-21-13-22-34-53/h11-15,17-26,29-38,49-50,54,57-61,63-74H,8-10,16,27-28,39-48H2,1-7H3,(H,78,81)(H,79,82)/t49-,50-,54-,57+,58+,59+,60?,61-,63?,64+,65+,66-,67+,68+,69+,70-,71+,72+,73+,74-/m0/s1. The lowest BCUT2D eigenvalue weighted by Crippen LogP contribution is -2.70. The van der Waals surface area contributed by atoms with Gasteiger partial charge in [0.1, 0.15) is 55.9 Å². The second-order valence-corrected chi connectivity index (χ2v) is 32.7. The first kappa shape index (κ1) is 69.8. The minimum Gasteiger partial charge on any atom is -0.459 e. The quantitative estimate of drug-likeness (QED) is 0.0256. The molecular formula is C77H100N2O16Si. The first-order chi connectivity index (χ1) is 46.7. The number of amides is 2. The van der Waals surface area contributed by atoms with Gasteiger partial charge >= 0.3 is 18.2 Å². The number of hydrogen-bond acceptors (Lipinski definition) is 16. The van der Waals surface area contributed by atoms with Crippen molar-refractivity contribution in [3.05, 3.63) is 168 Å². The summed E-state index contributed by atoms with van der Waals surface area (Å²) in [6.07, 6.45) is -3.52. The first-order valence-electron chi connectivity index (χ1n) is 35.5. The molecule has 1 aliphatic carbocycles. The van der Waals surface area contributed by atoms with Crippen molar-refractivity contribution in [2.45, 2.75) is 255 Å². The smallest absolute Gasteiger partial charge is 0.407 e. The topological polar surface area (TPSA) is 195 Å². The summed E-state index contributed by atoms with van der Waals surface area (Å²) in [6.45, 7) is 15.8. The molecule has 5 aromatic rings. The lowest BCUT2D eigenvalue weighted by atomic mass is 9.76. The van der Waals surface area contributed by atoms with Gasteiger partial charge in [-0.25, -0.2) is 9.59 Å². The molecule has 6 saturated heterocycles. The van der Waals surface area contributed by atoms with E-state index >= 15 is 0 Å². The van der Waals surface area contributed by atoms with Gasteiger partial charge in [0.2, 0.25) is 0 Å². The van der Waals surface area contributed by atoms with Crippen LogP contribution in [0.4, 0.5) is 9.59 Å². The Morgan fingerprint density at radius 3 is 1.79 bits per heavy atom. The van der Waals surface area contributed by atoms with Crippen LogP contribution in [-0.2, 0) is 79.3 Å². The van der Waals surface area contributed by atoms with E-state index < -0.39 is 118 Å². The Bertz CT molecular complexity index is 3200. The van der Waals surface area contributed by atoms with Gasteiger partial charge in [-0.2, -0.15) is 0 Å². The third-order valence-corrected chi connectivity index (χ3v) is 25.7. The highest BCUT2D eigenvalue weighted by molar-refractivity contribution is 6.99. The van der Waals surface area contributed by atoms with E-state index in [0.29, 0.717) is 45.1 Å². The van der Waals surface area contributed by atoms with Gasteiger partial charge in [0.15, 0.2) is 25.2 Å². The molecule has 6 heterocycles. The Balaban J connectivity index is 0.935. The number of nitrogens with one attached hydrogen (secondary N) is 2. The third kappa shape index (κ3) is 16.3. The average Bonchev–Trinajstić information content (AvgIpc) is 1.27. The molecule has 0 aromatic heterocycles. The second kappa shape index (κ2) is 32.3. The Hall–Kier alpha value is -6.07. The highest BCUT2D eigenvalue weighted by Gasteiger charge is 2.62. The summed E-state index contributed by atoms with van der Waals surface area (Å²) < 4.78 is 92.0. The monoisotopic (exact) mass is 1340 g/mol. The number of hydrogen-bond donors (Lipinski definition) is 2. The SMILES string of the molecule is CCCCC[C@H]1O[C@H](O[C@H]2[C@H](O[C@@H]3O[C@H](CC)[C@@H](O[C@H]4O[C@H]5CCC(c6ccccc6)O[C@H]5[C@H](OC5CCCCO5)[C@H]4NC(=O)OCc4ccccc4)[C@H]3O[Si](c3ccccc3)(c3ccccc3)C(C)(C)C)[C@H]3OC(=O)C[C@@H]3C[C@@H]2C)[C@H](NC(=O)OCc2ccccc2)C[C@@H]1C. The summed E-state index contributed by atoms with van der Waals surface area (Å²) in [5.74, 6) is -0.650. The molecule has 1 saturated carbocycles. The van der Waals surface area contributed by atoms with E-state index in [1.54, 1.807) is 0 Å². The zero-order chi connectivity index (χ0) is 66.8. The molecule has 0 spiro atoms. The van der Waals surface area contributed by atoms with Crippen LogP contribution in [0.3, 0.4) is 0 Å². The predicted molar refractivity (Wildman–Crippen MR) is 362 cm³/mol. The number of esters is 1. The fourth-order valence-corrected chi connectivity index (χ4v) is 20.4. The predicted octanol–water partition coefficient (Wildman–Crippen LogP) is 12.7. The number of alkyl carbamates (subject to hydrolysis) is 2. The van der Waals surface area contributed by atoms with Crippen LogP contribution < -0.4 is 21.0 Å². The van der Waals surface area contributed by atoms with Crippen molar-refractivity contribution in [1.82, 2.24) is 10.6 Å². The number of ether oxygens (including phenoxy) is 12. The Labute approximate surface area is 567 Å². The molecule has 18 nitrogen and oxygen atoms in total. The fourth-order valence-electron chi connectivity index (χ4n) is 15.7. The summed E-state index contributed by atoms with van der Waals surface area (Å²) in [6, 6.07) is 48.4. The molecule has 2 amide bonds. The highest BCUT2D eigenvalue weighted by Crippen LogP contribution is 2.48. The van der Waals surface area contributed by atoms with Gasteiger partial charge in [-0.1, -0.05) is 219 Å². The molecule has 6 aliphatic heterocycles. The largest absolute Gasteiger partial charge is 0.459 e. The average molecular weight is 1340 g/mol. The summed E-state index contributed by atoms with van der Waals surface area (Å²) >= 11 is 0. The number of rotatable bonds is 24. The van der Waals surface area contributed by atoms with Crippen molar-refractivity contribution < 1.29 is 75.7 Å². The summed E-state index contributed by atoms with van der Waals surface area (Å²) in [7, 11) is -3.57. The van der Waals surface area contributed by atoms with Gasteiger partial charge < -0.3 is 71.9 Å². The second-order valence-electron chi connectivity index (χ2n) is 28.4. The molecule has 7 aliphatic rings. The Kier molecular flexibility index (Phi) is 23.5. The molecule has 20 atom stereocenters. The van der Waals surface area contributed by atoms with Crippen molar-refractivity contribution in [3.8, 4) is 0 Å². The minimum atomic E-state index is -3.57. The van der Waals surface area contributed by atoms with Crippen molar-refractivity contribution in [1.29, 1.82) is 0 Å². The molecule has 2 N–H and O–H groups in total. The molecule has 2 unspecified atom stereocenters. The van der Waals surface area contributed by atoms with Crippen LogP contribution in [0.1, 0.15) is 155 Å². The summed E-state index contributed by atoms with van der Waals surface area (Å²) in [5, 5.41) is 7.87. The summed E-state index contributed by atoms with van der Waals surface area (Å²) in [4.78, 5) is 42.4.